The highest BCUT2D eigenvalue weighted by atomic mass is 19.4. The lowest BCUT2D eigenvalue weighted by atomic mass is 9.82. The SMILES string of the molecule is Cc1nc2c(c(CC(F)(F)F)nn2[C@@H](c2ccc(C(F)(F)F)cc2)C(C)(C)C)c(=O)[nH]1. The molecule has 3 rings (SSSR count). The summed E-state index contributed by atoms with van der Waals surface area (Å²) in [5.74, 6) is 0.178. The molecular weight excluding hydrogens is 426 g/mol. The van der Waals surface area contributed by atoms with Crippen molar-refractivity contribution in [2.45, 2.75) is 52.5 Å². The van der Waals surface area contributed by atoms with E-state index in [4.69, 9.17) is 0 Å². The maximum Gasteiger partial charge on any atom is 0.416 e. The van der Waals surface area contributed by atoms with E-state index in [0.29, 0.717) is 5.56 Å². The number of aromatic amines is 1. The molecule has 0 saturated heterocycles. The van der Waals surface area contributed by atoms with Crippen molar-refractivity contribution in [1.29, 1.82) is 0 Å². The predicted molar refractivity (Wildman–Crippen MR) is 102 cm³/mol. The van der Waals surface area contributed by atoms with Gasteiger partial charge in [0.2, 0.25) is 0 Å². The molecule has 0 fully saturated rings. The molecule has 0 aliphatic rings. The summed E-state index contributed by atoms with van der Waals surface area (Å²) in [6.45, 7) is 6.79. The van der Waals surface area contributed by atoms with Gasteiger partial charge in [-0.1, -0.05) is 32.9 Å². The minimum Gasteiger partial charge on any atom is -0.310 e. The van der Waals surface area contributed by atoms with Crippen LogP contribution in [0, 0.1) is 12.3 Å². The molecule has 2 heterocycles. The van der Waals surface area contributed by atoms with Crippen molar-refractivity contribution in [2.75, 3.05) is 0 Å². The molecule has 2 aromatic heterocycles. The van der Waals surface area contributed by atoms with Gasteiger partial charge in [0, 0.05) is 0 Å². The third-order valence-electron chi connectivity index (χ3n) is 4.74. The minimum atomic E-state index is -4.62. The van der Waals surface area contributed by atoms with Crippen LogP contribution in [0.4, 0.5) is 26.3 Å². The van der Waals surface area contributed by atoms with Gasteiger partial charge in [0.1, 0.15) is 11.2 Å². The lowest BCUT2D eigenvalue weighted by molar-refractivity contribution is -0.137. The number of aryl methyl sites for hydroxylation is 1. The summed E-state index contributed by atoms with van der Waals surface area (Å²) in [6.07, 6.45) is -10.6. The van der Waals surface area contributed by atoms with E-state index in [0.717, 1.165) is 12.1 Å². The van der Waals surface area contributed by atoms with Crippen LogP contribution in [0.15, 0.2) is 29.1 Å². The fourth-order valence-corrected chi connectivity index (χ4v) is 3.58. The summed E-state index contributed by atoms with van der Waals surface area (Å²) in [4.78, 5) is 19.0. The molecule has 1 N–H and O–H groups in total. The third-order valence-corrected chi connectivity index (χ3v) is 4.74. The van der Waals surface area contributed by atoms with Gasteiger partial charge in [-0.2, -0.15) is 31.4 Å². The maximum absolute atomic E-state index is 13.1. The van der Waals surface area contributed by atoms with Crippen molar-refractivity contribution >= 4 is 11.0 Å². The van der Waals surface area contributed by atoms with Gasteiger partial charge in [0.25, 0.3) is 5.56 Å². The Morgan fingerprint density at radius 1 is 1.03 bits per heavy atom. The van der Waals surface area contributed by atoms with Crippen molar-refractivity contribution in [1.82, 2.24) is 19.7 Å². The Morgan fingerprint density at radius 3 is 2.10 bits per heavy atom. The fourth-order valence-electron chi connectivity index (χ4n) is 3.58. The van der Waals surface area contributed by atoms with Gasteiger partial charge in [-0.25, -0.2) is 9.67 Å². The molecule has 1 aromatic carbocycles. The number of hydrogen-bond donors (Lipinski definition) is 1. The average molecular weight is 446 g/mol. The van der Waals surface area contributed by atoms with Crippen LogP contribution in [0.1, 0.15) is 49.5 Å². The Labute approximate surface area is 173 Å². The second-order valence-electron chi connectivity index (χ2n) is 8.42. The van der Waals surface area contributed by atoms with Gasteiger partial charge >= 0.3 is 12.4 Å². The summed E-state index contributed by atoms with van der Waals surface area (Å²) in [5.41, 5.74) is -2.45. The van der Waals surface area contributed by atoms with E-state index in [9.17, 15) is 31.1 Å². The van der Waals surface area contributed by atoms with E-state index in [-0.39, 0.29) is 16.9 Å². The Hall–Kier alpha value is -2.85. The third kappa shape index (κ3) is 4.75. The first-order valence-electron chi connectivity index (χ1n) is 9.30. The second kappa shape index (κ2) is 7.38. The Morgan fingerprint density at radius 2 is 1.61 bits per heavy atom. The summed E-state index contributed by atoms with van der Waals surface area (Å²) in [6, 6.07) is 3.54. The Kier molecular flexibility index (Phi) is 5.44. The largest absolute Gasteiger partial charge is 0.416 e. The standard InChI is InChI=1S/C20H20F6N4O/c1-10-27-16-14(17(31)28-10)13(9-19(21,22)23)29-30(16)15(18(2,3)4)11-5-7-12(8-6-11)20(24,25)26/h5-8,15H,9H2,1-4H3,(H,27,28,31)/t15-/m0/s1. The first kappa shape index (κ1) is 22.8. The topological polar surface area (TPSA) is 63.6 Å². The van der Waals surface area contributed by atoms with E-state index in [1.54, 1.807) is 20.8 Å². The van der Waals surface area contributed by atoms with E-state index in [2.05, 4.69) is 15.1 Å². The number of nitrogens with zero attached hydrogens (tertiary/aromatic N) is 3. The molecule has 1 atom stereocenters. The number of H-pyrrole nitrogens is 1. The molecule has 11 heteroatoms. The summed E-state index contributed by atoms with van der Waals surface area (Å²) in [5, 5.41) is 3.80. The number of aromatic nitrogens is 4. The molecule has 0 aliphatic heterocycles. The minimum absolute atomic E-state index is 0.0553. The first-order valence-corrected chi connectivity index (χ1v) is 9.30. The molecule has 0 spiro atoms. The monoisotopic (exact) mass is 446 g/mol. The normalized spacial score (nSPS) is 14.3. The van der Waals surface area contributed by atoms with Crippen LogP contribution >= 0.6 is 0 Å². The quantitative estimate of drug-likeness (QED) is 0.564. The summed E-state index contributed by atoms with van der Waals surface area (Å²) < 4.78 is 79.4. The van der Waals surface area contributed by atoms with Crippen LogP contribution in [-0.4, -0.2) is 25.9 Å². The summed E-state index contributed by atoms with van der Waals surface area (Å²) in [7, 11) is 0. The molecular formula is C20H20F6N4O. The van der Waals surface area contributed by atoms with E-state index < -0.39 is 47.0 Å². The Bertz CT molecular complexity index is 1150. The zero-order valence-corrected chi connectivity index (χ0v) is 17.1. The fraction of sp³-hybridized carbons (Fsp3) is 0.450. The van der Waals surface area contributed by atoms with Crippen molar-refractivity contribution in [3.05, 3.63) is 57.3 Å². The molecule has 0 amide bonds. The summed E-state index contributed by atoms with van der Waals surface area (Å²) >= 11 is 0. The van der Waals surface area contributed by atoms with E-state index in [1.807, 2.05) is 0 Å². The number of nitrogens with one attached hydrogen (secondary N) is 1. The second-order valence-corrected chi connectivity index (χ2v) is 8.42. The molecule has 5 nitrogen and oxygen atoms in total. The number of benzene rings is 1. The van der Waals surface area contributed by atoms with Gasteiger partial charge in [-0.3, -0.25) is 4.79 Å². The smallest absolute Gasteiger partial charge is 0.310 e. The molecule has 0 aliphatic carbocycles. The van der Waals surface area contributed by atoms with Crippen molar-refractivity contribution in [2.24, 2.45) is 5.41 Å². The maximum atomic E-state index is 13.1. The molecule has 31 heavy (non-hydrogen) atoms. The number of hydrogen-bond acceptors (Lipinski definition) is 3. The zero-order chi connectivity index (χ0) is 23.4. The molecule has 3 aromatic rings. The number of halogens is 6. The Balaban J connectivity index is 2.28. The first-order chi connectivity index (χ1) is 14.1. The predicted octanol–water partition coefficient (Wildman–Crippen LogP) is 5.19. The molecule has 0 saturated carbocycles. The van der Waals surface area contributed by atoms with Crippen LogP contribution in [0.2, 0.25) is 0 Å². The van der Waals surface area contributed by atoms with E-state index >= 15 is 0 Å². The highest BCUT2D eigenvalue weighted by Crippen LogP contribution is 2.39. The van der Waals surface area contributed by atoms with Crippen molar-refractivity contribution < 1.29 is 26.3 Å². The van der Waals surface area contributed by atoms with Gasteiger partial charge in [-0.05, 0) is 30.0 Å². The van der Waals surface area contributed by atoms with Gasteiger partial charge < -0.3 is 4.98 Å². The van der Waals surface area contributed by atoms with Crippen LogP contribution < -0.4 is 5.56 Å². The molecule has 0 radical (unpaired) electrons. The number of alkyl halides is 6. The van der Waals surface area contributed by atoms with Gasteiger partial charge in [0.05, 0.1) is 23.7 Å². The van der Waals surface area contributed by atoms with Crippen LogP contribution in [0.5, 0.6) is 0 Å². The highest BCUT2D eigenvalue weighted by Gasteiger charge is 2.36. The van der Waals surface area contributed by atoms with Crippen LogP contribution in [-0.2, 0) is 12.6 Å². The van der Waals surface area contributed by atoms with Crippen molar-refractivity contribution in [3.8, 4) is 0 Å². The van der Waals surface area contributed by atoms with Crippen LogP contribution in [0.3, 0.4) is 0 Å². The number of rotatable bonds is 3. The van der Waals surface area contributed by atoms with Crippen LogP contribution in [0.25, 0.3) is 11.0 Å². The lowest BCUT2D eigenvalue weighted by Crippen LogP contribution is -2.27. The highest BCUT2D eigenvalue weighted by molar-refractivity contribution is 5.77. The molecule has 168 valence electrons. The van der Waals surface area contributed by atoms with Gasteiger partial charge in [0.15, 0.2) is 5.65 Å². The average Bonchev–Trinajstić information content (AvgIpc) is 2.89. The molecule has 0 bridgehead atoms. The van der Waals surface area contributed by atoms with Gasteiger partial charge in [-0.15, -0.1) is 0 Å². The van der Waals surface area contributed by atoms with Crippen molar-refractivity contribution in [3.63, 3.8) is 0 Å². The van der Waals surface area contributed by atoms with E-state index in [1.165, 1.54) is 23.7 Å². The molecule has 0 unspecified atom stereocenters. The lowest BCUT2D eigenvalue weighted by Gasteiger charge is -2.32. The number of fused-ring (bicyclic) bond motifs is 1. The zero-order valence-electron chi connectivity index (χ0n) is 17.1.